The Balaban J connectivity index is 0.000000457. The largest absolute Gasteiger partial charge is 0.248 e. The highest BCUT2D eigenvalue weighted by Gasteiger charge is 1.96. The Morgan fingerprint density at radius 3 is 1.69 bits per heavy atom. The van der Waals surface area contributed by atoms with Crippen molar-refractivity contribution >= 4 is 21.8 Å². The second kappa shape index (κ2) is 4.41. The van der Waals surface area contributed by atoms with Crippen LogP contribution in [0.4, 0.5) is 0 Å². The second-order valence-electron chi connectivity index (χ2n) is 3.37. The van der Waals surface area contributed by atoms with E-state index in [9.17, 15) is 0 Å². The number of hydrogen-bond donors (Lipinski definition) is 0. The standard InChI is InChI=1S/C13H9N.CHN/c1-3-7-12-10(5-1)9-11-6-2-4-8-13(11)14-12;1-2/h1-9H;1H. The average Bonchev–Trinajstić information content (AvgIpc) is 2.38. The smallest absolute Gasteiger partial charge is 0.0709 e. The summed E-state index contributed by atoms with van der Waals surface area (Å²) in [6, 6.07) is 18.6. The van der Waals surface area contributed by atoms with E-state index in [0.717, 1.165) is 11.0 Å². The molecule has 0 saturated heterocycles. The maximum absolute atomic E-state index is 6.50. The van der Waals surface area contributed by atoms with Gasteiger partial charge in [0.1, 0.15) is 0 Å². The first-order valence-corrected chi connectivity index (χ1v) is 4.94. The molecule has 3 aromatic rings. The van der Waals surface area contributed by atoms with Crippen molar-refractivity contribution in [2.24, 2.45) is 0 Å². The first-order valence-electron chi connectivity index (χ1n) is 4.94. The van der Waals surface area contributed by atoms with Gasteiger partial charge in [-0.05, 0) is 18.2 Å². The highest BCUT2D eigenvalue weighted by molar-refractivity contribution is 5.92. The summed E-state index contributed by atoms with van der Waals surface area (Å²) in [5, 5.41) is 8.90. The van der Waals surface area contributed by atoms with E-state index in [4.69, 9.17) is 5.26 Å². The molecule has 0 aliphatic rings. The topological polar surface area (TPSA) is 36.7 Å². The number of pyridine rings is 1. The summed E-state index contributed by atoms with van der Waals surface area (Å²) < 4.78 is 0. The molecule has 0 N–H and O–H groups in total. The lowest BCUT2D eigenvalue weighted by Gasteiger charge is -1.99. The van der Waals surface area contributed by atoms with Crippen molar-refractivity contribution in [2.75, 3.05) is 0 Å². The Bertz CT molecular complexity index is 536. The number of nitriles is 1. The Morgan fingerprint density at radius 2 is 1.19 bits per heavy atom. The number of fused-ring (bicyclic) bond motifs is 2. The van der Waals surface area contributed by atoms with Gasteiger partial charge in [-0.2, -0.15) is 0 Å². The molecule has 2 heteroatoms. The monoisotopic (exact) mass is 206 g/mol. The summed E-state index contributed by atoms with van der Waals surface area (Å²) >= 11 is 0. The maximum atomic E-state index is 6.50. The Kier molecular flexibility index (Phi) is 2.79. The van der Waals surface area contributed by atoms with Crippen molar-refractivity contribution in [3.05, 3.63) is 54.6 Å². The Labute approximate surface area is 93.8 Å². The third-order valence-electron chi connectivity index (χ3n) is 2.43. The molecule has 0 unspecified atom stereocenters. The van der Waals surface area contributed by atoms with E-state index in [-0.39, 0.29) is 0 Å². The molecular weight excluding hydrogens is 196 g/mol. The molecule has 1 aromatic heterocycles. The zero-order valence-electron chi connectivity index (χ0n) is 8.67. The van der Waals surface area contributed by atoms with Gasteiger partial charge in [0.2, 0.25) is 0 Å². The van der Waals surface area contributed by atoms with Crippen LogP contribution in [0, 0.1) is 11.8 Å². The van der Waals surface area contributed by atoms with Gasteiger partial charge in [0, 0.05) is 17.3 Å². The fourth-order valence-electron chi connectivity index (χ4n) is 1.72. The first-order chi connectivity index (χ1) is 7.93. The van der Waals surface area contributed by atoms with Crippen LogP contribution in [-0.4, -0.2) is 4.98 Å². The molecule has 0 radical (unpaired) electrons. The Morgan fingerprint density at radius 1 is 0.750 bits per heavy atom. The minimum Gasteiger partial charge on any atom is -0.248 e. The van der Waals surface area contributed by atoms with Crippen LogP contribution in [0.25, 0.3) is 21.8 Å². The fraction of sp³-hybridized carbons (Fsp3) is 0. The minimum absolute atomic E-state index is 1.06. The van der Waals surface area contributed by atoms with Gasteiger partial charge in [0.15, 0.2) is 0 Å². The van der Waals surface area contributed by atoms with Gasteiger partial charge >= 0.3 is 0 Å². The molecule has 2 nitrogen and oxygen atoms in total. The summed E-state index contributed by atoms with van der Waals surface area (Å²) in [6.45, 7) is 3.50. The predicted molar refractivity (Wildman–Crippen MR) is 65.9 cm³/mol. The van der Waals surface area contributed by atoms with Crippen molar-refractivity contribution in [3.8, 4) is 6.57 Å². The lowest BCUT2D eigenvalue weighted by atomic mass is 10.1. The normalized spacial score (nSPS) is 9.62. The van der Waals surface area contributed by atoms with E-state index in [0.29, 0.717) is 0 Å². The van der Waals surface area contributed by atoms with Crippen LogP contribution in [-0.2, 0) is 0 Å². The van der Waals surface area contributed by atoms with Crippen LogP contribution in [0.3, 0.4) is 0 Å². The van der Waals surface area contributed by atoms with Crippen molar-refractivity contribution in [2.45, 2.75) is 0 Å². The summed E-state index contributed by atoms with van der Waals surface area (Å²) in [7, 11) is 0. The van der Waals surface area contributed by atoms with E-state index in [1.807, 2.05) is 36.4 Å². The predicted octanol–water partition coefficient (Wildman–Crippen LogP) is 3.53. The fourth-order valence-corrected chi connectivity index (χ4v) is 1.72. The number of nitrogens with zero attached hydrogens (tertiary/aromatic N) is 2. The molecule has 16 heavy (non-hydrogen) atoms. The molecule has 0 atom stereocenters. The molecule has 0 saturated carbocycles. The Hall–Kier alpha value is -2.40. The van der Waals surface area contributed by atoms with Gasteiger partial charge in [-0.3, -0.25) is 0 Å². The van der Waals surface area contributed by atoms with Gasteiger partial charge in [-0.1, -0.05) is 36.4 Å². The molecule has 0 bridgehead atoms. The van der Waals surface area contributed by atoms with Gasteiger partial charge in [-0.15, -0.1) is 0 Å². The molecule has 0 spiro atoms. The van der Waals surface area contributed by atoms with Crippen LogP contribution < -0.4 is 0 Å². The molecule has 0 aliphatic heterocycles. The first kappa shape index (κ1) is 10.1. The second-order valence-corrected chi connectivity index (χ2v) is 3.37. The van der Waals surface area contributed by atoms with E-state index >= 15 is 0 Å². The molecular formula is C14H10N2. The van der Waals surface area contributed by atoms with Crippen molar-refractivity contribution < 1.29 is 0 Å². The van der Waals surface area contributed by atoms with Gasteiger partial charge in [0.25, 0.3) is 0 Å². The van der Waals surface area contributed by atoms with E-state index in [2.05, 4.69) is 29.8 Å². The van der Waals surface area contributed by atoms with E-state index < -0.39 is 0 Å². The van der Waals surface area contributed by atoms with E-state index in [1.54, 1.807) is 0 Å². The number of para-hydroxylation sites is 2. The zero-order chi connectivity index (χ0) is 11.4. The van der Waals surface area contributed by atoms with Gasteiger partial charge in [0.05, 0.1) is 11.0 Å². The van der Waals surface area contributed by atoms with Gasteiger partial charge in [-0.25, -0.2) is 10.2 Å². The molecule has 76 valence electrons. The summed E-state index contributed by atoms with van der Waals surface area (Å²) in [5.74, 6) is 0. The zero-order valence-corrected chi connectivity index (χ0v) is 8.67. The van der Waals surface area contributed by atoms with Crippen molar-refractivity contribution in [3.63, 3.8) is 0 Å². The number of hydrogen-bond acceptors (Lipinski definition) is 2. The van der Waals surface area contributed by atoms with E-state index in [1.165, 1.54) is 10.8 Å². The number of benzene rings is 2. The molecule has 0 amide bonds. The molecule has 1 heterocycles. The van der Waals surface area contributed by atoms with Gasteiger partial charge < -0.3 is 0 Å². The van der Waals surface area contributed by atoms with Crippen molar-refractivity contribution in [1.29, 1.82) is 5.26 Å². The summed E-state index contributed by atoms with van der Waals surface area (Å²) in [5.41, 5.74) is 2.12. The quantitative estimate of drug-likeness (QED) is 0.527. The highest BCUT2D eigenvalue weighted by atomic mass is 14.7. The molecule has 2 aromatic carbocycles. The van der Waals surface area contributed by atoms with Crippen molar-refractivity contribution in [1.82, 2.24) is 4.98 Å². The van der Waals surface area contributed by atoms with Crippen LogP contribution in [0.2, 0.25) is 0 Å². The van der Waals surface area contributed by atoms with Crippen LogP contribution >= 0.6 is 0 Å². The lowest BCUT2D eigenvalue weighted by molar-refractivity contribution is 1.50. The number of aromatic nitrogens is 1. The summed E-state index contributed by atoms with van der Waals surface area (Å²) in [4.78, 5) is 4.58. The molecule has 3 rings (SSSR count). The SMILES string of the molecule is C#N.c1ccc2nc3ccccc3cc2c1. The number of rotatable bonds is 0. The maximum Gasteiger partial charge on any atom is 0.0709 e. The lowest BCUT2D eigenvalue weighted by Crippen LogP contribution is -1.80. The third-order valence-corrected chi connectivity index (χ3v) is 2.43. The van der Waals surface area contributed by atoms with Crippen LogP contribution in [0.1, 0.15) is 0 Å². The molecule has 0 aliphatic carbocycles. The summed E-state index contributed by atoms with van der Waals surface area (Å²) in [6.07, 6.45) is 0. The molecule has 0 fully saturated rings. The highest BCUT2D eigenvalue weighted by Crippen LogP contribution is 2.18. The third kappa shape index (κ3) is 1.71. The average molecular weight is 206 g/mol. The van der Waals surface area contributed by atoms with Crippen LogP contribution in [0.5, 0.6) is 0 Å². The van der Waals surface area contributed by atoms with Crippen LogP contribution in [0.15, 0.2) is 54.6 Å². The minimum atomic E-state index is 1.06.